The lowest BCUT2D eigenvalue weighted by atomic mass is 10.2. The maximum atomic E-state index is 5.53. The van der Waals surface area contributed by atoms with Gasteiger partial charge in [-0.3, -0.25) is 4.99 Å². The highest BCUT2D eigenvalue weighted by atomic mass is 127. The van der Waals surface area contributed by atoms with Crippen molar-refractivity contribution in [2.45, 2.75) is 13.0 Å². The Hall–Kier alpha value is -1.70. The zero-order valence-electron chi connectivity index (χ0n) is 17.3. The van der Waals surface area contributed by atoms with E-state index < -0.39 is 0 Å². The van der Waals surface area contributed by atoms with Gasteiger partial charge in [0.15, 0.2) is 17.5 Å². The van der Waals surface area contributed by atoms with E-state index in [9.17, 15) is 0 Å². The first-order valence-electron chi connectivity index (χ1n) is 8.99. The zero-order valence-corrected chi connectivity index (χ0v) is 19.6. The quantitative estimate of drug-likeness (QED) is 0.149. The molecule has 0 aliphatic carbocycles. The summed E-state index contributed by atoms with van der Waals surface area (Å²) in [5, 5.41) is 6.61. The van der Waals surface area contributed by atoms with Gasteiger partial charge in [0.05, 0.1) is 7.11 Å². The molecule has 0 saturated heterocycles. The van der Waals surface area contributed by atoms with Gasteiger partial charge in [-0.1, -0.05) is 12.0 Å². The number of nitrogens with one attached hydrogen (secondary N) is 2. The molecule has 0 atom stereocenters. The Morgan fingerprint density at radius 3 is 2.64 bits per heavy atom. The summed E-state index contributed by atoms with van der Waals surface area (Å²) >= 11 is 0. The number of nitrogens with zero attached hydrogens (tertiary/aromatic N) is 2. The zero-order chi connectivity index (χ0) is 19.9. The van der Waals surface area contributed by atoms with E-state index in [0.717, 1.165) is 44.2 Å². The Bertz CT molecular complexity index is 620. The maximum absolute atomic E-state index is 5.53. The normalized spacial score (nSPS) is 10.8. The van der Waals surface area contributed by atoms with Crippen LogP contribution in [0.25, 0.3) is 0 Å². The fourth-order valence-electron chi connectivity index (χ4n) is 2.43. The molecule has 8 heteroatoms. The summed E-state index contributed by atoms with van der Waals surface area (Å²) in [4.78, 5) is 6.52. The Labute approximate surface area is 186 Å². The number of halogens is 1. The molecule has 0 aliphatic heterocycles. The molecular weight excluding hydrogens is 471 g/mol. The van der Waals surface area contributed by atoms with Gasteiger partial charge in [-0.05, 0) is 31.2 Å². The minimum atomic E-state index is 0. The Balaban J connectivity index is 0.00000729. The number of terminal acetylenes is 1. The van der Waals surface area contributed by atoms with E-state index in [1.165, 1.54) is 0 Å². The second kappa shape index (κ2) is 16.3. The highest BCUT2D eigenvalue weighted by molar-refractivity contribution is 14.0. The van der Waals surface area contributed by atoms with Crippen LogP contribution in [0, 0.1) is 12.3 Å². The van der Waals surface area contributed by atoms with E-state index in [-0.39, 0.29) is 30.6 Å². The van der Waals surface area contributed by atoms with Crippen molar-refractivity contribution in [3.63, 3.8) is 0 Å². The van der Waals surface area contributed by atoms with Crippen molar-refractivity contribution in [3.8, 4) is 23.8 Å². The van der Waals surface area contributed by atoms with Crippen LogP contribution in [0.5, 0.6) is 11.5 Å². The molecule has 0 spiro atoms. The molecule has 1 aromatic carbocycles. The summed E-state index contributed by atoms with van der Waals surface area (Å²) in [6, 6.07) is 5.76. The van der Waals surface area contributed by atoms with Crippen LogP contribution in [0.3, 0.4) is 0 Å². The molecule has 1 aromatic rings. The monoisotopic (exact) mass is 504 g/mol. The van der Waals surface area contributed by atoms with Gasteiger partial charge in [-0.25, -0.2) is 0 Å². The highest BCUT2D eigenvalue weighted by Gasteiger charge is 2.06. The van der Waals surface area contributed by atoms with Crippen molar-refractivity contribution < 1.29 is 14.2 Å². The molecule has 2 N–H and O–H groups in total. The molecule has 0 unspecified atom stereocenters. The predicted octanol–water partition coefficient (Wildman–Crippen LogP) is 1.96. The lowest BCUT2D eigenvalue weighted by Gasteiger charge is -2.18. The molecule has 0 saturated carbocycles. The van der Waals surface area contributed by atoms with Crippen molar-refractivity contribution >= 4 is 29.9 Å². The lowest BCUT2D eigenvalue weighted by molar-refractivity contribution is 0.180. The number of methoxy groups -OCH3 is 2. The largest absolute Gasteiger partial charge is 0.493 e. The minimum absolute atomic E-state index is 0. The van der Waals surface area contributed by atoms with Crippen LogP contribution in [-0.4, -0.2) is 72.0 Å². The Morgan fingerprint density at radius 1 is 1.21 bits per heavy atom. The van der Waals surface area contributed by atoms with Crippen molar-refractivity contribution in [3.05, 3.63) is 23.8 Å². The number of likely N-dealkylation sites (N-methyl/N-ethyl adjacent to an activating group) is 1. The molecule has 0 bridgehead atoms. The van der Waals surface area contributed by atoms with Gasteiger partial charge in [0, 0.05) is 46.9 Å². The van der Waals surface area contributed by atoms with E-state index in [4.69, 9.17) is 20.6 Å². The Kier molecular flexibility index (Phi) is 15.3. The number of aliphatic imine (C=N–C) groups is 1. The maximum Gasteiger partial charge on any atom is 0.191 e. The first-order valence-corrected chi connectivity index (χ1v) is 8.99. The summed E-state index contributed by atoms with van der Waals surface area (Å²) in [5.41, 5.74) is 1.04. The van der Waals surface area contributed by atoms with Crippen LogP contribution >= 0.6 is 24.0 Å². The third kappa shape index (κ3) is 10.6. The van der Waals surface area contributed by atoms with Crippen molar-refractivity contribution in [1.29, 1.82) is 0 Å². The van der Waals surface area contributed by atoms with Crippen LogP contribution < -0.4 is 20.1 Å². The number of benzene rings is 1. The fraction of sp³-hybridized carbons (Fsp3) is 0.550. The Morgan fingerprint density at radius 2 is 2.00 bits per heavy atom. The second-order valence-electron chi connectivity index (χ2n) is 5.98. The number of rotatable bonds is 12. The standard InChI is InChI=1S/C20H32N4O3.HI/c1-6-13-27-19-15-17(8-9-18(19)26-5)16-23-20(21-2)22-10-12-24(3)11-7-14-25-4;/h1,8-9,15H,7,10-14,16H2,2-5H3,(H2,21,22,23);1H. The number of hydrogen-bond donors (Lipinski definition) is 2. The molecule has 1 rings (SSSR count). The third-order valence-electron chi connectivity index (χ3n) is 3.90. The van der Waals surface area contributed by atoms with Crippen molar-refractivity contribution in [2.24, 2.45) is 4.99 Å². The fourth-order valence-corrected chi connectivity index (χ4v) is 2.43. The van der Waals surface area contributed by atoms with Gasteiger partial charge in [-0.15, -0.1) is 30.4 Å². The molecule has 7 nitrogen and oxygen atoms in total. The number of guanidine groups is 1. The first kappa shape index (κ1) is 26.3. The smallest absolute Gasteiger partial charge is 0.191 e. The average Bonchev–Trinajstić information content (AvgIpc) is 2.69. The van der Waals surface area contributed by atoms with Gasteiger partial charge < -0.3 is 29.7 Å². The molecular formula is C20H33IN4O3. The molecule has 0 aromatic heterocycles. The van der Waals surface area contributed by atoms with Crippen molar-refractivity contribution in [2.75, 3.05) is 61.2 Å². The van der Waals surface area contributed by atoms with E-state index >= 15 is 0 Å². The first-order chi connectivity index (χ1) is 13.1. The number of hydrogen-bond acceptors (Lipinski definition) is 5. The summed E-state index contributed by atoms with van der Waals surface area (Å²) in [6.07, 6.45) is 6.29. The molecule has 0 radical (unpaired) electrons. The van der Waals surface area contributed by atoms with Crippen LogP contribution in [0.15, 0.2) is 23.2 Å². The third-order valence-corrected chi connectivity index (χ3v) is 3.90. The summed E-state index contributed by atoms with van der Waals surface area (Å²) in [6.45, 7) is 4.34. The van der Waals surface area contributed by atoms with Crippen molar-refractivity contribution in [1.82, 2.24) is 15.5 Å². The molecule has 28 heavy (non-hydrogen) atoms. The topological polar surface area (TPSA) is 67.4 Å². The highest BCUT2D eigenvalue weighted by Crippen LogP contribution is 2.27. The van der Waals surface area contributed by atoms with E-state index in [2.05, 4.69) is 33.5 Å². The van der Waals surface area contributed by atoms with E-state index in [1.54, 1.807) is 21.3 Å². The summed E-state index contributed by atoms with van der Waals surface area (Å²) in [5.74, 6) is 4.51. The molecule has 0 aliphatic rings. The van der Waals surface area contributed by atoms with Crippen LogP contribution in [0.4, 0.5) is 0 Å². The summed E-state index contributed by atoms with van der Waals surface area (Å²) in [7, 11) is 7.19. The van der Waals surface area contributed by atoms with Crippen LogP contribution in [-0.2, 0) is 11.3 Å². The van der Waals surface area contributed by atoms with Gasteiger partial charge in [0.2, 0.25) is 0 Å². The predicted molar refractivity (Wildman–Crippen MR) is 125 cm³/mol. The molecule has 0 heterocycles. The number of ether oxygens (including phenoxy) is 3. The molecule has 158 valence electrons. The molecule has 0 amide bonds. The van der Waals surface area contributed by atoms with Gasteiger partial charge in [0.1, 0.15) is 6.61 Å². The van der Waals surface area contributed by atoms with Crippen LogP contribution in [0.2, 0.25) is 0 Å². The van der Waals surface area contributed by atoms with Gasteiger partial charge in [-0.2, -0.15) is 0 Å². The lowest BCUT2D eigenvalue weighted by Crippen LogP contribution is -2.40. The van der Waals surface area contributed by atoms with E-state index in [0.29, 0.717) is 18.0 Å². The van der Waals surface area contributed by atoms with E-state index in [1.807, 2.05) is 18.2 Å². The molecule has 0 fully saturated rings. The van der Waals surface area contributed by atoms with Gasteiger partial charge in [0.25, 0.3) is 0 Å². The SMILES string of the molecule is C#CCOc1cc(CNC(=NC)NCCN(C)CCCOC)ccc1OC.I. The summed E-state index contributed by atoms with van der Waals surface area (Å²) < 4.78 is 15.9. The second-order valence-corrected chi connectivity index (χ2v) is 5.98. The van der Waals surface area contributed by atoms with Gasteiger partial charge >= 0.3 is 0 Å². The van der Waals surface area contributed by atoms with Crippen LogP contribution in [0.1, 0.15) is 12.0 Å². The minimum Gasteiger partial charge on any atom is -0.493 e. The average molecular weight is 504 g/mol.